The molecule has 0 radical (unpaired) electrons. The van der Waals surface area contributed by atoms with Crippen LogP contribution in [0.15, 0.2) is 48.5 Å². The molecule has 0 aliphatic carbocycles. The SMILES string of the molecule is COc1ccc(N2C(=O)C(C)(C)[C@H]2c2ccccc2C)cc1. The van der Waals surface area contributed by atoms with Gasteiger partial charge in [-0.3, -0.25) is 4.79 Å². The largest absolute Gasteiger partial charge is 0.497 e. The number of methoxy groups -OCH3 is 1. The number of β-lactam (4-membered cyclic amide) rings is 1. The maximum Gasteiger partial charge on any atom is 0.235 e. The molecule has 22 heavy (non-hydrogen) atoms. The second-order valence-electron chi connectivity index (χ2n) is 6.35. The van der Waals surface area contributed by atoms with Crippen molar-refractivity contribution in [3.63, 3.8) is 0 Å². The molecule has 0 N–H and O–H groups in total. The minimum Gasteiger partial charge on any atom is -0.497 e. The summed E-state index contributed by atoms with van der Waals surface area (Å²) in [5, 5.41) is 0. The summed E-state index contributed by atoms with van der Waals surface area (Å²) in [5.74, 6) is 0.953. The van der Waals surface area contributed by atoms with Crippen LogP contribution >= 0.6 is 0 Å². The van der Waals surface area contributed by atoms with Gasteiger partial charge in [0.05, 0.1) is 18.6 Å². The highest BCUT2D eigenvalue weighted by molar-refractivity contribution is 6.05. The van der Waals surface area contributed by atoms with E-state index in [0.717, 1.165) is 11.4 Å². The number of anilines is 1. The first-order chi connectivity index (χ1) is 10.5. The van der Waals surface area contributed by atoms with Crippen molar-refractivity contribution >= 4 is 11.6 Å². The zero-order valence-electron chi connectivity index (χ0n) is 13.5. The molecule has 3 heteroatoms. The van der Waals surface area contributed by atoms with Crippen LogP contribution in [0.25, 0.3) is 0 Å². The predicted molar refractivity (Wildman–Crippen MR) is 88.2 cm³/mol. The number of ether oxygens (including phenoxy) is 1. The third-order valence-electron chi connectivity index (χ3n) is 4.55. The van der Waals surface area contributed by atoms with Gasteiger partial charge in [0, 0.05) is 5.69 Å². The third kappa shape index (κ3) is 2.08. The lowest BCUT2D eigenvalue weighted by Gasteiger charge is -2.53. The normalized spacial score (nSPS) is 19.7. The molecule has 114 valence electrons. The van der Waals surface area contributed by atoms with Gasteiger partial charge in [0.2, 0.25) is 5.91 Å². The van der Waals surface area contributed by atoms with Gasteiger partial charge in [-0.05, 0) is 56.2 Å². The van der Waals surface area contributed by atoms with Crippen molar-refractivity contribution in [3.8, 4) is 5.75 Å². The quantitative estimate of drug-likeness (QED) is 0.797. The molecule has 0 unspecified atom stereocenters. The number of hydrogen-bond donors (Lipinski definition) is 0. The van der Waals surface area contributed by atoms with Crippen molar-refractivity contribution in [1.29, 1.82) is 0 Å². The van der Waals surface area contributed by atoms with E-state index < -0.39 is 0 Å². The highest BCUT2D eigenvalue weighted by Gasteiger charge is 2.55. The number of carbonyl (C=O) groups excluding carboxylic acids is 1. The highest BCUT2D eigenvalue weighted by atomic mass is 16.5. The zero-order chi connectivity index (χ0) is 15.9. The first-order valence-corrected chi connectivity index (χ1v) is 7.50. The zero-order valence-corrected chi connectivity index (χ0v) is 13.5. The molecule has 0 bridgehead atoms. The van der Waals surface area contributed by atoms with E-state index in [-0.39, 0.29) is 17.4 Å². The maximum atomic E-state index is 12.6. The lowest BCUT2D eigenvalue weighted by molar-refractivity contribution is -0.137. The number of amides is 1. The Morgan fingerprint density at radius 3 is 2.27 bits per heavy atom. The lowest BCUT2D eigenvalue weighted by atomic mass is 9.69. The fourth-order valence-corrected chi connectivity index (χ4v) is 3.23. The van der Waals surface area contributed by atoms with Gasteiger partial charge in [-0.2, -0.15) is 0 Å². The average Bonchev–Trinajstić information content (AvgIpc) is 2.53. The van der Waals surface area contributed by atoms with Crippen molar-refractivity contribution in [2.24, 2.45) is 5.41 Å². The first kappa shape index (κ1) is 14.6. The molecule has 3 rings (SSSR count). The summed E-state index contributed by atoms with van der Waals surface area (Å²) in [6, 6.07) is 16.0. The van der Waals surface area contributed by atoms with E-state index in [1.165, 1.54) is 11.1 Å². The Bertz CT molecular complexity index is 704. The van der Waals surface area contributed by atoms with E-state index in [1.54, 1.807) is 7.11 Å². The van der Waals surface area contributed by atoms with Gasteiger partial charge in [0.1, 0.15) is 5.75 Å². The summed E-state index contributed by atoms with van der Waals surface area (Å²) in [5.41, 5.74) is 2.96. The molecule has 1 amide bonds. The molecular formula is C19H21NO2. The number of benzene rings is 2. The summed E-state index contributed by atoms with van der Waals surface area (Å²) in [7, 11) is 1.64. The van der Waals surface area contributed by atoms with E-state index in [9.17, 15) is 4.79 Å². The second-order valence-corrected chi connectivity index (χ2v) is 6.35. The van der Waals surface area contributed by atoms with E-state index in [0.29, 0.717) is 0 Å². The lowest BCUT2D eigenvalue weighted by Crippen LogP contribution is -2.61. The average molecular weight is 295 g/mol. The van der Waals surface area contributed by atoms with Crippen LogP contribution in [0.2, 0.25) is 0 Å². The molecule has 1 aliphatic rings. The molecule has 1 saturated heterocycles. The molecule has 0 spiro atoms. The van der Waals surface area contributed by atoms with Crippen molar-refractivity contribution < 1.29 is 9.53 Å². The molecular weight excluding hydrogens is 274 g/mol. The molecule has 1 aliphatic heterocycles. The molecule has 1 heterocycles. The van der Waals surface area contributed by atoms with Crippen LogP contribution in [-0.2, 0) is 4.79 Å². The van der Waals surface area contributed by atoms with Gasteiger partial charge in [0.15, 0.2) is 0 Å². The molecule has 2 aromatic rings. The Labute approximate surface area is 131 Å². The smallest absolute Gasteiger partial charge is 0.235 e. The summed E-state index contributed by atoms with van der Waals surface area (Å²) >= 11 is 0. The number of aryl methyl sites for hydroxylation is 1. The standard InChI is InChI=1S/C19H21NO2/c1-13-7-5-6-8-16(13)17-19(2,3)18(21)20(17)14-9-11-15(22-4)12-10-14/h5-12,17H,1-4H3/t17-/m1/s1. The van der Waals surface area contributed by atoms with E-state index >= 15 is 0 Å². The van der Waals surface area contributed by atoms with Crippen molar-refractivity contribution in [1.82, 2.24) is 0 Å². The number of hydrogen-bond acceptors (Lipinski definition) is 2. The van der Waals surface area contributed by atoms with Crippen LogP contribution < -0.4 is 9.64 Å². The second kappa shape index (κ2) is 5.16. The van der Waals surface area contributed by atoms with Crippen molar-refractivity contribution in [2.45, 2.75) is 26.8 Å². The van der Waals surface area contributed by atoms with Crippen molar-refractivity contribution in [2.75, 3.05) is 12.0 Å². The van der Waals surface area contributed by atoms with Gasteiger partial charge in [0.25, 0.3) is 0 Å². The maximum absolute atomic E-state index is 12.6. The molecule has 3 nitrogen and oxygen atoms in total. The van der Waals surface area contributed by atoms with Crippen LogP contribution in [-0.4, -0.2) is 13.0 Å². The van der Waals surface area contributed by atoms with Crippen LogP contribution in [0.3, 0.4) is 0 Å². The molecule has 2 aromatic carbocycles. The highest BCUT2D eigenvalue weighted by Crippen LogP contribution is 2.52. The van der Waals surface area contributed by atoms with Crippen LogP contribution in [0.4, 0.5) is 5.69 Å². The Morgan fingerprint density at radius 1 is 1.05 bits per heavy atom. The number of carbonyl (C=O) groups is 1. The minimum absolute atomic E-state index is 0.0644. The van der Waals surface area contributed by atoms with Crippen LogP contribution in [0.1, 0.15) is 31.0 Å². The summed E-state index contributed by atoms with van der Waals surface area (Å²) < 4.78 is 5.20. The topological polar surface area (TPSA) is 29.5 Å². The Hall–Kier alpha value is -2.29. The Balaban J connectivity index is 2.02. The van der Waals surface area contributed by atoms with E-state index in [1.807, 2.05) is 55.1 Å². The van der Waals surface area contributed by atoms with Gasteiger partial charge < -0.3 is 9.64 Å². The number of nitrogens with zero attached hydrogens (tertiary/aromatic N) is 1. The summed E-state index contributed by atoms with van der Waals surface area (Å²) in [4.78, 5) is 14.5. The van der Waals surface area contributed by atoms with Gasteiger partial charge >= 0.3 is 0 Å². The predicted octanol–water partition coefficient (Wildman–Crippen LogP) is 4.12. The fraction of sp³-hybridized carbons (Fsp3) is 0.316. The fourth-order valence-electron chi connectivity index (χ4n) is 3.23. The summed E-state index contributed by atoms with van der Waals surface area (Å²) in [6.07, 6.45) is 0. The van der Waals surface area contributed by atoms with Crippen molar-refractivity contribution in [3.05, 3.63) is 59.7 Å². The van der Waals surface area contributed by atoms with Crippen LogP contribution in [0, 0.1) is 12.3 Å². The molecule has 1 fully saturated rings. The van der Waals surface area contributed by atoms with E-state index in [4.69, 9.17) is 4.74 Å². The Kier molecular flexibility index (Phi) is 3.44. The van der Waals surface area contributed by atoms with Gasteiger partial charge in [-0.15, -0.1) is 0 Å². The third-order valence-corrected chi connectivity index (χ3v) is 4.55. The monoisotopic (exact) mass is 295 g/mol. The van der Waals surface area contributed by atoms with Crippen LogP contribution in [0.5, 0.6) is 5.75 Å². The molecule has 0 aromatic heterocycles. The van der Waals surface area contributed by atoms with Gasteiger partial charge in [-0.1, -0.05) is 24.3 Å². The first-order valence-electron chi connectivity index (χ1n) is 7.50. The van der Waals surface area contributed by atoms with E-state index in [2.05, 4.69) is 19.1 Å². The molecule has 1 atom stereocenters. The number of rotatable bonds is 3. The molecule has 0 saturated carbocycles. The summed E-state index contributed by atoms with van der Waals surface area (Å²) in [6.45, 7) is 6.14. The minimum atomic E-state index is -0.383. The van der Waals surface area contributed by atoms with Gasteiger partial charge in [-0.25, -0.2) is 0 Å². The Morgan fingerprint density at radius 2 is 1.68 bits per heavy atom.